The Morgan fingerprint density at radius 3 is 2.69 bits per heavy atom. The molecule has 1 aromatic carbocycles. The van der Waals surface area contributed by atoms with Crippen molar-refractivity contribution in [2.24, 2.45) is 0 Å². The molecule has 3 aromatic rings. The van der Waals surface area contributed by atoms with E-state index in [0.717, 1.165) is 19.4 Å². The van der Waals surface area contributed by atoms with Crippen LogP contribution in [0.15, 0.2) is 28.5 Å². The van der Waals surface area contributed by atoms with E-state index in [2.05, 4.69) is 32.6 Å². The Bertz CT molecular complexity index is 1240. The minimum atomic E-state index is -0.551. The van der Waals surface area contributed by atoms with Gasteiger partial charge in [-0.25, -0.2) is 19.7 Å². The third-order valence-electron chi connectivity index (χ3n) is 5.19. The highest BCUT2D eigenvalue weighted by atomic mass is 127. The summed E-state index contributed by atoms with van der Waals surface area (Å²) >= 11 is 3.78. The minimum Gasteiger partial charge on any atom is -0.454 e. The molecule has 0 bridgehead atoms. The van der Waals surface area contributed by atoms with Gasteiger partial charge in [-0.15, -0.1) is 0 Å². The minimum absolute atomic E-state index is 0.00593. The second-order valence-corrected chi connectivity index (χ2v) is 11.5. The number of imidazole rings is 1. The zero-order valence-corrected chi connectivity index (χ0v) is 23.3. The molecule has 0 saturated carbocycles. The Balaban J connectivity index is 1.58. The van der Waals surface area contributed by atoms with Gasteiger partial charge in [0, 0.05) is 27.6 Å². The van der Waals surface area contributed by atoms with E-state index in [1.165, 1.54) is 18.1 Å². The first-order valence-electron chi connectivity index (χ1n) is 11.3. The van der Waals surface area contributed by atoms with Gasteiger partial charge >= 0.3 is 6.09 Å². The van der Waals surface area contributed by atoms with E-state index in [1.807, 2.05) is 51.3 Å². The number of rotatable bonds is 7. The molecule has 0 atom stereocenters. The van der Waals surface area contributed by atoms with Crippen LogP contribution in [-0.2, 0) is 11.3 Å². The standard InChI is InChI=1S/C23H29IN6O4S/c1-13(2)29(22(31)34-23(3,4)5)7-6-8-30-20-18(19(25)26-11-27-20)28-21(30)35-17-10-16-15(9-14(17)24)32-12-33-16/h9-11,13H,6-8,12H2,1-5H3,(H2,25,26,27). The van der Waals surface area contributed by atoms with Gasteiger partial charge in [-0.1, -0.05) is 11.8 Å². The zero-order chi connectivity index (χ0) is 25.3. The number of carbonyl (C=O) groups is 1. The zero-order valence-electron chi connectivity index (χ0n) is 20.4. The molecular weight excluding hydrogens is 583 g/mol. The predicted molar refractivity (Wildman–Crippen MR) is 142 cm³/mol. The first kappa shape index (κ1) is 25.6. The van der Waals surface area contributed by atoms with Crippen molar-refractivity contribution in [3.05, 3.63) is 22.0 Å². The van der Waals surface area contributed by atoms with Crippen molar-refractivity contribution in [1.29, 1.82) is 0 Å². The van der Waals surface area contributed by atoms with E-state index in [4.69, 9.17) is 24.9 Å². The molecule has 0 fully saturated rings. The molecule has 1 aliphatic rings. The van der Waals surface area contributed by atoms with E-state index in [1.54, 1.807) is 4.90 Å². The smallest absolute Gasteiger partial charge is 0.410 e. The van der Waals surface area contributed by atoms with Crippen LogP contribution < -0.4 is 15.2 Å². The quantitative estimate of drug-likeness (QED) is 0.371. The lowest BCUT2D eigenvalue weighted by molar-refractivity contribution is 0.0186. The topological polar surface area (TPSA) is 118 Å². The van der Waals surface area contributed by atoms with E-state index in [9.17, 15) is 4.79 Å². The lowest BCUT2D eigenvalue weighted by atomic mass is 10.2. The van der Waals surface area contributed by atoms with Gasteiger partial charge in [0.05, 0.1) is 0 Å². The molecule has 0 aliphatic carbocycles. The first-order chi connectivity index (χ1) is 16.5. The van der Waals surface area contributed by atoms with Crippen molar-refractivity contribution >= 4 is 57.4 Å². The van der Waals surface area contributed by atoms with Crippen molar-refractivity contribution in [1.82, 2.24) is 24.4 Å². The average molecular weight is 612 g/mol. The summed E-state index contributed by atoms with van der Waals surface area (Å²) in [6.45, 7) is 10.9. The van der Waals surface area contributed by atoms with Crippen LogP contribution in [0.3, 0.4) is 0 Å². The third-order valence-corrected chi connectivity index (χ3v) is 7.50. The summed E-state index contributed by atoms with van der Waals surface area (Å²) in [5.41, 5.74) is 6.77. The lowest BCUT2D eigenvalue weighted by Gasteiger charge is -2.30. The van der Waals surface area contributed by atoms with Crippen molar-refractivity contribution in [2.45, 2.75) is 69.3 Å². The number of nitrogens with zero attached hydrogens (tertiary/aromatic N) is 5. The maximum Gasteiger partial charge on any atom is 0.410 e. The fraction of sp³-hybridized carbons (Fsp3) is 0.478. The summed E-state index contributed by atoms with van der Waals surface area (Å²) in [7, 11) is 0. The number of ether oxygens (including phenoxy) is 3. The normalized spacial score (nSPS) is 13.0. The number of fused-ring (bicyclic) bond motifs is 2. The highest BCUT2D eigenvalue weighted by Gasteiger charge is 2.25. The summed E-state index contributed by atoms with van der Waals surface area (Å²) < 4.78 is 19.7. The highest BCUT2D eigenvalue weighted by Crippen LogP contribution is 2.41. The first-order valence-corrected chi connectivity index (χ1v) is 13.2. The largest absolute Gasteiger partial charge is 0.454 e. The SMILES string of the molecule is CC(C)N(CCCn1c(Sc2cc3c(cc2I)OCO3)nc2c(N)ncnc21)C(=O)OC(C)(C)C. The number of hydrogen-bond donors (Lipinski definition) is 1. The molecule has 0 unspecified atom stereocenters. The van der Waals surface area contributed by atoms with Crippen molar-refractivity contribution in [3.63, 3.8) is 0 Å². The molecule has 4 rings (SSSR count). The fourth-order valence-corrected chi connectivity index (χ4v) is 5.28. The van der Waals surface area contributed by atoms with Crippen molar-refractivity contribution < 1.29 is 19.0 Å². The molecule has 0 saturated heterocycles. The Kier molecular flexibility index (Phi) is 7.50. The molecule has 0 spiro atoms. The number of anilines is 1. The van der Waals surface area contributed by atoms with Gasteiger partial charge in [0.2, 0.25) is 6.79 Å². The Morgan fingerprint density at radius 1 is 1.29 bits per heavy atom. The molecule has 10 nitrogen and oxygen atoms in total. The number of aryl methyl sites for hydroxylation is 1. The van der Waals surface area contributed by atoms with Gasteiger partial charge in [0.15, 0.2) is 33.6 Å². The number of benzene rings is 1. The molecule has 12 heteroatoms. The van der Waals surface area contributed by atoms with Crippen LogP contribution in [0.2, 0.25) is 0 Å². The van der Waals surface area contributed by atoms with Crippen LogP contribution in [0.25, 0.3) is 11.2 Å². The van der Waals surface area contributed by atoms with E-state index < -0.39 is 5.60 Å². The summed E-state index contributed by atoms with van der Waals surface area (Å²) in [4.78, 5) is 28.7. The predicted octanol–water partition coefficient (Wildman–Crippen LogP) is 4.93. The monoisotopic (exact) mass is 612 g/mol. The Morgan fingerprint density at radius 2 is 2.00 bits per heavy atom. The number of nitrogens with two attached hydrogens (primary N) is 1. The van der Waals surface area contributed by atoms with Crippen LogP contribution in [0.1, 0.15) is 41.0 Å². The second kappa shape index (κ2) is 10.2. The summed E-state index contributed by atoms with van der Waals surface area (Å²) in [5.74, 6) is 1.77. The number of hydrogen-bond acceptors (Lipinski definition) is 9. The van der Waals surface area contributed by atoms with Gasteiger partial charge in [-0.3, -0.25) is 0 Å². The fourth-order valence-electron chi connectivity index (χ4n) is 3.57. The van der Waals surface area contributed by atoms with E-state index in [-0.39, 0.29) is 18.9 Å². The Hall–Kier alpha value is -2.48. The molecule has 2 aromatic heterocycles. The summed E-state index contributed by atoms with van der Waals surface area (Å²) in [6.07, 6.45) is 1.80. The van der Waals surface area contributed by atoms with Crippen LogP contribution in [0, 0.1) is 3.57 Å². The maximum atomic E-state index is 12.7. The van der Waals surface area contributed by atoms with Gasteiger partial charge in [0.25, 0.3) is 0 Å². The third kappa shape index (κ3) is 5.85. The molecule has 0 radical (unpaired) electrons. The molecule has 1 amide bonds. The van der Waals surface area contributed by atoms with Gasteiger partial charge in [0.1, 0.15) is 11.9 Å². The summed E-state index contributed by atoms with van der Waals surface area (Å²) in [5, 5.41) is 0.734. The highest BCUT2D eigenvalue weighted by molar-refractivity contribution is 14.1. The summed E-state index contributed by atoms with van der Waals surface area (Å²) in [6, 6.07) is 3.91. The van der Waals surface area contributed by atoms with Gasteiger partial charge in [-0.2, -0.15) is 0 Å². The molecule has 35 heavy (non-hydrogen) atoms. The van der Waals surface area contributed by atoms with Crippen LogP contribution in [-0.4, -0.2) is 55.5 Å². The van der Waals surface area contributed by atoms with Crippen LogP contribution >= 0.6 is 34.4 Å². The molecule has 1 aliphatic heterocycles. The number of carbonyl (C=O) groups excluding carboxylic acids is 1. The van der Waals surface area contributed by atoms with Crippen molar-refractivity contribution in [3.8, 4) is 11.5 Å². The number of halogens is 1. The number of aromatic nitrogens is 4. The van der Waals surface area contributed by atoms with Crippen molar-refractivity contribution in [2.75, 3.05) is 19.1 Å². The van der Waals surface area contributed by atoms with Crippen LogP contribution in [0.5, 0.6) is 11.5 Å². The van der Waals surface area contributed by atoms with Gasteiger partial charge < -0.3 is 29.4 Å². The van der Waals surface area contributed by atoms with E-state index in [0.29, 0.717) is 42.2 Å². The molecular formula is C23H29IN6O4S. The van der Waals surface area contributed by atoms with Crippen LogP contribution in [0.4, 0.5) is 10.6 Å². The average Bonchev–Trinajstić information content (AvgIpc) is 3.34. The molecule has 188 valence electrons. The Labute approximate surface area is 222 Å². The van der Waals surface area contributed by atoms with Gasteiger partial charge in [-0.05, 0) is 75.8 Å². The number of amides is 1. The second-order valence-electron chi connectivity index (χ2n) is 9.34. The molecule has 3 heterocycles. The number of nitrogen functional groups attached to an aromatic ring is 1. The molecule has 2 N–H and O–H groups in total. The maximum absolute atomic E-state index is 12.7. The lowest BCUT2D eigenvalue weighted by Crippen LogP contribution is -2.41. The van der Waals surface area contributed by atoms with E-state index >= 15 is 0 Å².